The molecule has 200 valence electrons. The molecule has 40 heavy (non-hydrogen) atoms. The van der Waals surface area contributed by atoms with Crippen LogP contribution in [0.1, 0.15) is 31.8 Å². The number of rotatable bonds is 7. The van der Waals surface area contributed by atoms with Gasteiger partial charge in [-0.2, -0.15) is 5.10 Å². The molecule has 0 aliphatic rings. The van der Waals surface area contributed by atoms with Crippen molar-refractivity contribution in [3.8, 4) is 11.5 Å². The summed E-state index contributed by atoms with van der Waals surface area (Å²) in [6.45, 7) is 1.70. The zero-order valence-corrected chi connectivity index (χ0v) is 21.8. The molecule has 4 aromatic carbocycles. The molecular formula is C30H22ClN3O6. The van der Waals surface area contributed by atoms with E-state index in [-0.39, 0.29) is 17.1 Å². The van der Waals surface area contributed by atoms with Gasteiger partial charge in [0.25, 0.3) is 0 Å². The van der Waals surface area contributed by atoms with Gasteiger partial charge in [-0.25, -0.2) is 15.0 Å². The van der Waals surface area contributed by atoms with E-state index in [9.17, 15) is 19.2 Å². The zero-order valence-electron chi connectivity index (χ0n) is 21.1. The Bertz CT molecular complexity index is 1590. The van der Waals surface area contributed by atoms with Crippen molar-refractivity contribution in [2.45, 2.75) is 6.92 Å². The molecule has 0 aromatic heterocycles. The molecule has 4 aromatic rings. The monoisotopic (exact) mass is 555 g/mol. The normalized spacial score (nSPS) is 10.6. The fraction of sp³-hybridized carbons (Fsp3) is 0.0333. The number of carbonyl (C=O) groups is 4. The van der Waals surface area contributed by atoms with Crippen molar-refractivity contribution in [2.24, 2.45) is 5.10 Å². The Kier molecular flexibility index (Phi) is 9.01. The molecule has 0 atom stereocenters. The predicted octanol–water partition coefficient (Wildman–Crippen LogP) is 5.18. The van der Waals surface area contributed by atoms with Crippen LogP contribution in [0.15, 0.2) is 102 Å². The average Bonchev–Trinajstić information content (AvgIpc) is 2.97. The second kappa shape index (κ2) is 13.0. The zero-order chi connectivity index (χ0) is 28.5. The predicted molar refractivity (Wildman–Crippen MR) is 150 cm³/mol. The van der Waals surface area contributed by atoms with Crippen molar-refractivity contribution in [3.05, 3.63) is 124 Å². The topological polar surface area (TPSA) is 123 Å². The fourth-order valence-electron chi connectivity index (χ4n) is 3.38. The van der Waals surface area contributed by atoms with Crippen LogP contribution in [-0.4, -0.2) is 30.0 Å². The highest BCUT2D eigenvalue weighted by atomic mass is 35.5. The second-order valence-electron chi connectivity index (χ2n) is 8.28. The van der Waals surface area contributed by atoms with Gasteiger partial charge in [0.15, 0.2) is 0 Å². The van der Waals surface area contributed by atoms with Gasteiger partial charge in [0, 0.05) is 22.3 Å². The number of hydrazone groups is 1. The van der Waals surface area contributed by atoms with Crippen molar-refractivity contribution in [2.75, 3.05) is 5.32 Å². The maximum absolute atomic E-state index is 12.7. The summed E-state index contributed by atoms with van der Waals surface area (Å²) in [5.74, 6) is -3.14. The lowest BCUT2D eigenvalue weighted by molar-refractivity contribution is -0.136. The highest BCUT2D eigenvalue weighted by molar-refractivity contribution is 6.40. The number of esters is 2. The van der Waals surface area contributed by atoms with Crippen LogP contribution in [0.5, 0.6) is 11.5 Å². The van der Waals surface area contributed by atoms with Crippen molar-refractivity contribution in [1.82, 2.24) is 5.43 Å². The number of nitrogens with zero attached hydrogens (tertiary/aromatic N) is 1. The van der Waals surface area contributed by atoms with Crippen molar-refractivity contribution < 1.29 is 28.7 Å². The Morgan fingerprint density at radius 1 is 0.750 bits per heavy atom. The number of benzene rings is 4. The lowest BCUT2D eigenvalue weighted by Crippen LogP contribution is -2.32. The highest BCUT2D eigenvalue weighted by Gasteiger charge is 2.17. The summed E-state index contributed by atoms with van der Waals surface area (Å²) >= 11 is 6.05. The second-order valence-corrected chi connectivity index (χ2v) is 8.68. The van der Waals surface area contributed by atoms with E-state index in [0.29, 0.717) is 27.4 Å². The van der Waals surface area contributed by atoms with E-state index in [1.54, 1.807) is 85.8 Å². The first-order valence-electron chi connectivity index (χ1n) is 11.9. The average molecular weight is 556 g/mol. The Hall–Kier alpha value is -5.28. The van der Waals surface area contributed by atoms with Crippen LogP contribution >= 0.6 is 11.6 Å². The molecule has 0 unspecified atom stereocenters. The molecular weight excluding hydrogens is 534 g/mol. The van der Waals surface area contributed by atoms with Crippen LogP contribution in [0.4, 0.5) is 5.69 Å². The van der Waals surface area contributed by atoms with E-state index >= 15 is 0 Å². The Morgan fingerprint density at radius 3 is 2.02 bits per heavy atom. The molecule has 2 N–H and O–H groups in total. The van der Waals surface area contributed by atoms with Gasteiger partial charge < -0.3 is 14.8 Å². The minimum absolute atomic E-state index is 0.00391. The summed E-state index contributed by atoms with van der Waals surface area (Å²) < 4.78 is 11.0. The number of hydrogen-bond acceptors (Lipinski definition) is 7. The van der Waals surface area contributed by atoms with Crippen LogP contribution in [0.3, 0.4) is 0 Å². The quantitative estimate of drug-likeness (QED) is 0.107. The molecule has 4 rings (SSSR count). The minimum Gasteiger partial charge on any atom is -0.423 e. The number of carbonyl (C=O) groups excluding carboxylic acids is 4. The van der Waals surface area contributed by atoms with Crippen molar-refractivity contribution in [1.29, 1.82) is 0 Å². The van der Waals surface area contributed by atoms with Gasteiger partial charge in [-0.15, -0.1) is 0 Å². The molecule has 2 amide bonds. The third-order valence-corrected chi connectivity index (χ3v) is 5.92. The van der Waals surface area contributed by atoms with Crippen LogP contribution in [0, 0.1) is 6.92 Å². The molecule has 0 saturated heterocycles. The van der Waals surface area contributed by atoms with Gasteiger partial charge >= 0.3 is 23.8 Å². The Balaban J connectivity index is 1.50. The Labute approximate surface area is 234 Å². The number of hydrogen-bond donors (Lipinski definition) is 2. The Morgan fingerprint density at radius 2 is 1.38 bits per heavy atom. The number of amides is 2. The number of anilines is 1. The first kappa shape index (κ1) is 27.7. The minimum atomic E-state index is -1.04. The lowest BCUT2D eigenvalue weighted by Gasteiger charge is -2.11. The van der Waals surface area contributed by atoms with E-state index in [2.05, 4.69) is 15.8 Å². The third kappa shape index (κ3) is 7.18. The first-order valence-corrected chi connectivity index (χ1v) is 12.3. The molecule has 0 fully saturated rings. The van der Waals surface area contributed by atoms with Crippen molar-refractivity contribution in [3.63, 3.8) is 0 Å². The van der Waals surface area contributed by atoms with Crippen LogP contribution in [0.2, 0.25) is 5.02 Å². The van der Waals surface area contributed by atoms with E-state index < -0.39 is 23.8 Å². The summed E-state index contributed by atoms with van der Waals surface area (Å²) in [4.78, 5) is 49.8. The molecule has 0 aliphatic carbocycles. The molecule has 0 aliphatic heterocycles. The summed E-state index contributed by atoms with van der Waals surface area (Å²) in [6, 6.07) is 25.9. The molecule has 0 radical (unpaired) electrons. The summed E-state index contributed by atoms with van der Waals surface area (Å²) in [6.07, 6.45) is 1.19. The van der Waals surface area contributed by atoms with Gasteiger partial charge in [-0.1, -0.05) is 54.1 Å². The lowest BCUT2D eigenvalue weighted by atomic mass is 10.2. The standard InChI is InChI=1S/C30H22ClN3O6/c1-19-24(31)13-8-14-25(19)33-27(35)28(36)34-32-18-22-15-16-23(39-29(37)20-9-4-2-5-10-20)17-26(22)40-30(38)21-11-6-3-7-12-21/h2-18H,1H3,(H,33,35)(H,34,36)/b32-18-. The van der Waals surface area contributed by atoms with E-state index in [1.807, 2.05) is 0 Å². The number of halogens is 1. The SMILES string of the molecule is Cc1c(Cl)cccc1NC(=O)C(=O)N/N=C\c1ccc(OC(=O)c2ccccc2)cc1OC(=O)c1ccccc1. The fourth-order valence-corrected chi connectivity index (χ4v) is 3.55. The largest absolute Gasteiger partial charge is 0.423 e. The molecule has 9 nitrogen and oxygen atoms in total. The third-order valence-electron chi connectivity index (χ3n) is 5.51. The molecule has 0 bridgehead atoms. The van der Waals surface area contributed by atoms with Crippen molar-refractivity contribution >= 4 is 47.3 Å². The first-order chi connectivity index (χ1) is 19.3. The highest BCUT2D eigenvalue weighted by Crippen LogP contribution is 2.26. The van der Waals surface area contributed by atoms with Gasteiger partial charge in [-0.3, -0.25) is 9.59 Å². The van der Waals surface area contributed by atoms with Gasteiger partial charge in [-0.05, 0) is 61.0 Å². The van der Waals surface area contributed by atoms with Crippen LogP contribution in [-0.2, 0) is 9.59 Å². The molecule has 0 heterocycles. The summed E-state index contributed by atoms with van der Waals surface area (Å²) in [5.41, 5.74) is 4.00. The summed E-state index contributed by atoms with van der Waals surface area (Å²) in [5, 5.41) is 6.72. The van der Waals surface area contributed by atoms with Crippen LogP contribution in [0.25, 0.3) is 0 Å². The van der Waals surface area contributed by atoms with E-state index in [1.165, 1.54) is 24.4 Å². The maximum Gasteiger partial charge on any atom is 0.343 e. The van der Waals surface area contributed by atoms with Gasteiger partial charge in [0.2, 0.25) is 0 Å². The van der Waals surface area contributed by atoms with E-state index in [4.69, 9.17) is 21.1 Å². The molecule has 0 saturated carbocycles. The van der Waals surface area contributed by atoms with Crippen LogP contribution < -0.4 is 20.2 Å². The molecule has 0 spiro atoms. The van der Waals surface area contributed by atoms with Gasteiger partial charge in [0.1, 0.15) is 11.5 Å². The smallest absolute Gasteiger partial charge is 0.343 e. The number of nitrogens with one attached hydrogen (secondary N) is 2. The molecule has 10 heteroatoms. The summed E-state index contributed by atoms with van der Waals surface area (Å²) in [7, 11) is 0. The maximum atomic E-state index is 12.7. The van der Waals surface area contributed by atoms with Gasteiger partial charge in [0.05, 0.1) is 17.3 Å². The number of ether oxygens (including phenoxy) is 2. The van der Waals surface area contributed by atoms with E-state index in [0.717, 1.165) is 0 Å².